The first-order valence-corrected chi connectivity index (χ1v) is 9.79. The minimum absolute atomic E-state index is 0.135. The summed E-state index contributed by atoms with van der Waals surface area (Å²) in [6.07, 6.45) is 0.479. The predicted octanol–water partition coefficient (Wildman–Crippen LogP) is 3.27. The van der Waals surface area contributed by atoms with Crippen LogP contribution in [0, 0.1) is 0 Å². The van der Waals surface area contributed by atoms with Gasteiger partial charge in [-0.2, -0.15) is 0 Å². The van der Waals surface area contributed by atoms with Crippen molar-refractivity contribution in [1.82, 2.24) is 5.32 Å². The van der Waals surface area contributed by atoms with Gasteiger partial charge in [0.05, 0.1) is 6.61 Å². The van der Waals surface area contributed by atoms with E-state index in [1.54, 1.807) is 31.2 Å². The SMILES string of the molecule is CCOC(=O)Oc1ccc(C(=O)NCc2ccc(NC(=O)C3CCCO3)cc2)cc1. The molecule has 8 nitrogen and oxygen atoms in total. The quantitative estimate of drug-likeness (QED) is 0.534. The van der Waals surface area contributed by atoms with Crippen molar-refractivity contribution >= 4 is 23.7 Å². The Morgan fingerprint density at radius 2 is 1.80 bits per heavy atom. The highest BCUT2D eigenvalue weighted by molar-refractivity contribution is 5.95. The van der Waals surface area contributed by atoms with Gasteiger partial charge in [0.1, 0.15) is 11.9 Å². The summed E-state index contributed by atoms with van der Waals surface area (Å²) < 4.78 is 15.0. The van der Waals surface area contributed by atoms with Gasteiger partial charge in [-0.15, -0.1) is 0 Å². The second-order valence-corrected chi connectivity index (χ2v) is 6.68. The Morgan fingerprint density at radius 1 is 1.07 bits per heavy atom. The zero-order valence-electron chi connectivity index (χ0n) is 16.7. The molecule has 1 saturated heterocycles. The zero-order chi connectivity index (χ0) is 21.3. The summed E-state index contributed by atoms with van der Waals surface area (Å²) in [4.78, 5) is 35.6. The van der Waals surface area contributed by atoms with E-state index in [4.69, 9.17) is 14.2 Å². The van der Waals surface area contributed by atoms with Gasteiger partial charge >= 0.3 is 6.16 Å². The number of carbonyl (C=O) groups is 3. The Balaban J connectivity index is 1.47. The molecule has 1 heterocycles. The minimum atomic E-state index is -0.787. The second-order valence-electron chi connectivity index (χ2n) is 6.68. The van der Waals surface area contributed by atoms with E-state index < -0.39 is 6.16 Å². The molecule has 30 heavy (non-hydrogen) atoms. The highest BCUT2D eigenvalue weighted by Gasteiger charge is 2.23. The third-order valence-corrected chi connectivity index (χ3v) is 4.48. The lowest BCUT2D eigenvalue weighted by molar-refractivity contribution is -0.124. The van der Waals surface area contributed by atoms with E-state index in [1.165, 1.54) is 12.1 Å². The highest BCUT2D eigenvalue weighted by Crippen LogP contribution is 2.16. The molecule has 0 spiro atoms. The number of hydrogen-bond donors (Lipinski definition) is 2. The number of nitrogens with one attached hydrogen (secondary N) is 2. The van der Waals surface area contributed by atoms with Crippen molar-refractivity contribution in [3.8, 4) is 5.75 Å². The molecule has 2 aromatic carbocycles. The minimum Gasteiger partial charge on any atom is -0.434 e. The molecule has 2 amide bonds. The number of hydrogen-bond acceptors (Lipinski definition) is 6. The number of anilines is 1. The summed E-state index contributed by atoms with van der Waals surface area (Å²) in [6, 6.07) is 13.4. The predicted molar refractivity (Wildman–Crippen MR) is 109 cm³/mol. The lowest BCUT2D eigenvalue weighted by atomic mass is 10.1. The van der Waals surface area contributed by atoms with Crippen LogP contribution in [0.4, 0.5) is 10.5 Å². The summed E-state index contributed by atoms with van der Waals surface area (Å²) in [5, 5.41) is 5.65. The van der Waals surface area contributed by atoms with Gasteiger partial charge in [0, 0.05) is 24.4 Å². The summed E-state index contributed by atoms with van der Waals surface area (Å²) in [5.41, 5.74) is 2.01. The summed E-state index contributed by atoms with van der Waals surface area (Å²) >= 11 is 0. The molecule has 8 heteroatoms. The van der Waals surface area contributed by atoms with Crippen molar-refractivity contribution in [2.75, 3.05) is 18.5 Å². The van der Waals surface area contributed by atoms with Crippen molar-refractivity contribution in [3.05, 3.63) is 59.7 Å². The fraction of sp³-hybridized carbons (Fsp3) is 0.318. The lowest BCUT2D eigenvalue weighted by Gasteiger charge is -2.11. The molecule has 0 saturated carbocycles. The van der Waals surface area contributed by atoms with Crippen LogP contribution in [-0.4, -0.2) is 37.3 Å². The van der Waals surface area contributed by atoms with Gasteiger partial charge in [0.2, 0.25) is 0 Å². The van der Waals surface area contributed by atoms with Gasteiger partial charge in [-0.1, -0.05) is 12.1 Å². The molecule has 0 aliphatic carbocycles. The molecule has 0 aromatic heterocycles. The van der Waals surface area contributed by atoms with Crippen LogP contribution in [0.3, 0.4) is 0 Å². The van der Waals surface area contributed by atoms with Crippen molar-refractivity contribution < 1.29 is 28.6 Å². The molecule has 1 fully saturated rings. The van der Waals surface area contributed by atoms with Crippen LogP contribution < -0.4 is 15.4 Å². The Labute approximate surface area is 174 Å². The van der Waals surface area contributed by atoms with Crippen LogP contribution in [0.2, 0.25) is 0 Å². The maximum absolute atomic E-state index is 12.3. The molecule has 3 rings (SSSR count). The van der Waals surface area contributed by atoms with E-state index in [-0.39, 0.29) is 24.5 Å². The lowest BCUT2D eigenvalue weighted by Crippen LogP contribution is -2.26. The van der Waals surface area contributed by atoms with Gasteiger partial charge in [0.25, 0.3) is 11.8 Å². The third kappa shape index (κ3) is 6.05. The van der Waals surface area contributed by atoms with E-state index >= 15 is 0 Å². The van der Waals surface area contributed by atoms with Gasteiger partial charge in [0.15, 0.2) is 0 Å². The average molecular weight is 412 g/mol. The zero-order valence-corrected chi connectivity index (χ0v) is 16.7. The number of amides is 2. The van der Waals surface area contributed by atoms with Crippen LogP contribution in [-0.2, 0) is 20.8 Å². The Hall–Kier alpha value is -3.39. The van der Waals surface area contributed by atoms with E-state index in [2.05, 4.69) is 10.6 Å². The van der Waals surface area contributed by atoms with Crippen LogP contribution in [0.5, 0.6) is 5.75 Å². The first-order chi connectivity index (χ1) is 14.5. The van der Waals surface area contributed by atoms with E-state index in [9.17, 15) is 14.4 Å². The van der Waals surface area contributed by atoms with Crippen molar-refractivity contribution in [2.45, 2.75) is 32.4 Å². The number of ether oxygens (including phenoxy) is 3. The first kappa shape index (κ1) is 21.3. The van der Waals surface area contributed by atoms with Crippen LogP contribution in [0.15, 0.2) is 48.5 Å². The monoisotopic (exact) mass is 412 g/mol. The largest absolute Gasteiger partial charge is 0.513 e. The van der Waals surface area contributed by atoms with Crippen LogP contribution in [0.1, 0.15) is 35.7 Å². The van der Waals surface area contributed by atoms with Crippen LogP contribution >= 0.6 is 0 Å². The second kappa shape index (κ2) is 10.4. The average Bonchev–Trinajstić information content (AvgIpc) is 3.29. The standard InChI is InChI=1S/C22H24N2O6/c1-2-28-22(27)30-18-11-7-16(8-12-18)20(25)23-14-15-5-9-17(10-6-15)24-21(26)19-4-3-13-29-19/h5-12,19H,2-4,13-14H2,1H3,(H,23,25)(H,24,26). The Kier molecular flexibility index (Phi) is 7.40. The molecule has 1 atom stereocenters. The first-order valence-electron chi connectivity index (χ1n) is 9.79. The van der Waals surface area contributed by atoms with Crippen molar-refractivity contribution in [3.63, 3.8) is 0 Å². The van der Waals surface area contributed by atoms with Gasteiger partial charge in [-0.05, 0) is 61.7 Å². The van der Waals surface area contributed by atoms with E-state index in [1.807, 2.05) is 12.1 Å². The molecule has 0 bridgehead atoms. The third-order valence-electron chi connectivity index (χ3n) is 4.48. The number of rotatable bonds is 7. The van der Waals surface area contributed by atoms with Crippen LogP contribution in [0.25, 0.3) is 0 Å². The Bertz CT molecular complexity index is 874. The summed E-state index contributed by atoms with van der Waals surface area (Å²) in [6.45, 7) is 2.86. The number of carbonyl (C=O) groups excluding carboxylic acids is 3. The summed E-state index contributed by atoms with van der Waals surface area (Å²) in [5.74, 6) is -0.0944. The maximum Gasteiger partial charge on any atom is 0.513 e. The smallest absolute Gasteiger partial charge is 0.434 e. The fourth-order valence-electron chi connectivity index (χ4n) is 2.92. The highest BCUT2D eigenvalue weighted by atomic mass is 16.7. The van der Waals surface area contributed by atoms with Gasteiger partial charge < -0.3 is 24.8 Å². The Morgan fingerprint density at radius 3 is 2.43 bits per heavy atom. The molecule has 1 aliphatic heterocycles. The topological polar surface area (TPSA) is 103 Å². The van der Waals surface area contributed by atoms with Gasteiger partial charge in [-0.3, -0.25) is 9.59 Å². The molecule has 0 radical (unpaired) electrons. The molecular weight excluding hydrogens is 388 g/mol. The molecule has 2 N–H and O–H groups in total. The van der Waals surface area contributed by atoms with Crippen molar-refractivity contribution in [2.24, 2.45) is 0 Å². The van der Waals surface area contributed by atoms with Crippen molar-refractivity contribution in [1.29, 1.82) is 0 Å². The number of benzene rings is 2. The maximum atomic E-state index is 12.3. The molecule has 158 valence electrons. The van der Waals surface area contributed by atoms with Gasteiger partial charge in [-0.25, -0.2) is 4.79 Å². The molecule has 1 aliphatic rings. The molecule has 1 unspecified atom stereocenters. The van der Waals surface area contributed by atoms with E-state index in [0.29, 0.717) is 30.2 Å². The normalized spacial score (nSPS) is 15.3. The molecule has 2 aromatic rings. The summed E-state index contributed by atoms with van der Waals surface area (Å²) in [7, 11) is 0. The fourth-order valence-corrected chi connectivity index (χ4v) is 2.92. The molecular formula is C22H24N2O6. The van der Waals surface area contributed by atoms with E-state index in [0.717, 1.165) is 18.4 Å².